The predicted molar refractivity (Wildman–Crippen MR) is 85.5 cm³/mol. The van der Waals surface area contributed by atoms with Crippen molar-refractivity contribution in [1.29, 1.82) is 0 Å². The van der Waals surface area contributed by atoms with Crippen molar-refractivity contribution in [1.82, 2.24) is 15.2 Å². The fourth-order valence-electron chi connectivity index (χ4n) is 2.16. The van der Waals surface area contributed by atoms with E-state index in [4.69, 9.17) is 16.6 Å². The Labute approximate surface area is 127 Å². The second-order valence-electron chi connectivity index (χ2n) is 6.49. The fraction of sp³-hybridized carbons (Fsp3) is 0.667. The van der Waals surface area contributed by atoms with Crippen molar-refractivity contribution in [3.05, 3.63) is 22.8 Å². The zero-order valence-electron chi connectivity index (χ0n) is 12.9. The standard InChI is InChI=1S/C15H25ClN4/c1-15(2,3)17-11-13-12(16)5-6-14(18-13)20-9-7-19(4)8-10-20/h5-6,17H,7-11H2,1-4H3. The Kier molecular flexibility index (Phi) is 4.89. The summed E-state index contributed by atoms with van der Waals surface area (Å²) in [6.07, 6.45) is 0. The maximum absolute atomic E-state index is 6.26. The molecule has 0 aromatic carbocycles. The maximum atomic E-state index is 6.26. The van der Waals surface area contributed by atoms with Crippen LogP contribution in [0.3, 0.4) is 0 Å². The molecule has 0 radical (unpaired) electrons. The monoisotopic (exact) mass is 296 g/mol. The molecule has 0 atom stereocenters. The van der Waals surface area contributed by atoms with Gasteiger partial charge in [0.25, 0.3) is 0 Å². The van der Waals surface area contributed by atoms with Gasteiger partial charge in [0.05, 0.1) is 10.7 Å². The summed E-state index contributed by atoms with van der Waals surface area (Å²) in [5.74, 6) is 1.04. The Morgan fingerprint density at radius 3 is 2.45 bits per heavy atom. The smallest absolute Gasteiger partial charge is 0.129 e. The number of nitrogens with zero attached hydrogens (tertiary/aromatic N) is 3. The van der Waals surface area contributed by atoms with E-state index in [9.17, 15) is 0 Å². The first-order chi connectivity index (χ1) is 9.35. The summed E-state index contributed by atoms with van der Waals surface area (Å²) >= 11 is 6.26. The molecule has 1 aromatic heterocycles. The van der Waals surface area contributed by atoms with Gasteiger partial charge >= 0.3 is 0 Å². The fourth-order valence-corrected chi connectivity index (χ4v) is 2.33. The van der Waals surface area contributed by atoms with E-state index in [1.54, 1.807) is 0 Å². The molecule has 0 saturated carbocycles. The molecule has 1 saturated heterocycles. The number of aromatic nitrogens is 1. The van der Waals surface area contributed by atoms with Crippen LogP contribution in [0.25, 0.3) is 0 Å². The van der Waals surface area contributed by atoms with Gasteiger partial charge in [-0.2, -0.15) is 0 Å². The van der Waals surface area contributed by atoms with Gasteiger partial charge in [0.2, 0.25) is 0 Å². The zero-order valence-corrected chi connectivity index (χ0v) is 13.7. The Balaban J connectivity index is 2.08. The van der Waals surface area contributed by atoms with E-state index in [0.717, 1.165) is 42.7 Å². The van der Waals surface area contributed by atoms with Crippen molar-refractivity contribution >= 4 is 17.4 Å². The molecule has 20 heavy (non-hydrogen) atoms. The lowest BCUT2D eigenvalue weighted by Gasteiger charge is -2.33. The molecule has 1 aromatic rings. The normalized spacial score (nSPS) is 17.6. The number of nitrogens with one attached hydrogen (secondary N) is 1. The number of likely N-dealkylation sites (N-methyl/N-ethyl adjacent to an activating group) is 1. The molecule has 0 unspecified atom stereocenters. The van der Waals surface area contributed by atoms with Gasteiger partial charge in [0, 0.05) is 38.3 Å². The SMILES string of the molecule is CN1CCN(c2ccc(Cl)c(CNC(C)(C)C)n2)CC1. The van der Waals surface area contributed by atoms with Crippen LogP contribution in [0, 0.1) is 0 Å². The molecule has 1 aliphatic rings. The summed E-state index contributed by atoms with van der Waals surface area (Å²) in [6, 6.07) is 3.98. The number of pyridine rings is 1. The first-order valence-electron chi connectivity index (χ1n) is 7.19. The highest BCUT2D eigenvalue weighted by Crippen LogP contribution is 2.20. The van der Waals surface area contributed by atoms with E-state index in [1.165, 1.54) is 0 Å². The molecule has 112 valence electrons. The van der Waals surface area contributed by atoms with Gasteiger partial charge in [-0.05, 0) is 40.0 Å². The average Bonchev–Trinajstić information content (AvgIpc) is 2.38. The van der Waals surface area contributed by atoms with E-state index in [-0.39, 0.29) is 5.54 Å². The third kappa shape index (κ3) is 4.33. The first-order valence-corrected chi connectivity index (χ1v) is 7.57. The van der Waals surface area contributed by atoms with Gasteiger partial charge in [-0.15, -0.1) is 0 Å². The lowest BCUT2D eigenvalue weighted by Crippen LogP contribution is -2.45. The summed E-state index contributed by atoms with van der Waals surface area (Å²) in [6.45, 7) is 11.3. The summed E-state index contributed by atoms with van der Waals surface area (Å²) in [4.78, 5) is 9.41. The van der Waals surface area contributed by atoms with Gasteiger partial charge in [0.1, 0.15) is 5.82 Å². The molecule has 1 fully saturated rings. The quantitative estimate of drug-likeness (QED) is 0.928. The molecule has 0 bridgehead atoms. The number of hydrogen-bond acceptors (Lipinski definition) is 4. The molecule has 1 aliphatic heterocycles. The number of piperazine rings is 1. The summed E-state index contributed by atoms with van der Waals surface area (Å²) in [7, 11) is 2.16. The van der Waals surface area contributed by atoms with E-state index < -0.39 is 0 Å². The Morgan fingerprint density at radius 1 is 1.20 bits per heavy atom. The van der Waals surface area contributed by atoms with E-state index in [2.05, 4.69) is 42.9 Å². The average molecular weight is 297 g/mol. The highest BCUT2D eigenvalue weighted by Gasteiger charge is 2.17. The third-order valence-electron chi connectivity index (χ3n) is 3.52. The summed E-state index contributed by atoms with van der Waals surface area (Å²) in [5, 5.41) is 4.18. The van der Waals surface area contributed by atoms with E-state index >= 15 is 0 Å². The van der Waals surface area contributed by atoms with Crippen LogP contribution in [0.15, 0.2) is 12.1 Å². The maximum Gasteiger partial charge on any atom is 0.129 e. The second kappa shape index (κ2) is 6.29. The van der Waals surface area contributed by atoms with Crippen LogP contribution in [-0.4, -0.2) is 48.6 Å². The lowest BCUT2D eigenvalue weighted by molar-refractivity contribution is 0.312. The summed E-state index contributed by atoms with van der Waals surface area (Å²) < 4.78 is 0. The third-order valence-corrected chi connectivity index (χ3v) is 3.86. The molecule has 2 rings (SSSR count). The van der Waals surface area contributed by atoms with Crippen molar-refractivity contribution < 1.29 is 0 Å². The number of rotatable bonds is 3. The van der Waals surface area contributed by atoms with Gasteiger partial charge in [-0.25, -0.2) is 4.98 Å². The summed E-state index contributed by atoms with van der Waals surface area (Å²) in [5.41, 5.74) is 0.993. The number of anilines is 1. The highest BCUT2D eigenvalue weighted by molar-refractivity contribution is 6.31. The molecule has 0 amide bonds. The van der Waals surface area contributed by atoms with Crippen molar-refractivity contribution in [3.8, 4) is 0 Å². The molecule has 5 heteroatoms. The van der Waals surface area contributed by atoms with Crippen LogP contribution in [0.4, 0.5) is 5.82 Å². The van der Waals surface area contributed by atoms with Crippen LogP contribution in [0.1, 0.15) is 26.5 Å². The molecule has 2 heterocycles. The molecule has 0 aliphatic carbocycles. The van der Waals surface area contributed by atoms with Crippen LogP contribution >= 0.6 is 11.6 Å². The van der Waals surface area contributed by atoms with Crippen LogP contribution in [0.5, 0.6) is 0 Å². The minimum Gasteiger partial charge on any atom is -0.354 e. The van der Waals surface area contributed by atoms with Crippen molar-refractivity contribution in [2.45, 2.75) is 32.9 Å². The van der Waals surface area contributed by atoms with Gasteiger partial charge in [0.15, 0.2) is 0 Å². The Morgan fingerprint density at radius 2 is 1.85 bits per heavy atom. The molecule has 4 nitrogen and oxygen atoms in total. The molecule has 1 N–H and O–H groups in total. The zero-order chi connectivity index (χ0) is 14.8. The van der Waals surface area contributed by atoms with Crippen LogP contribution in [0.2, 0.25) is 5.02 Å². The van der Waals surface area contributed by atoms with Crippen molar-refractivity contribution in [2.24, 2.45) is 0 Å². The van der Waals surface area contributed by atoms with E-state index in [0.29, 0.717) is 6.54 Å². The number of hydrogen-bond donors (Lipinski definition) is 1. The van der Waals surface area contributed by atoms with Crippen molar-refractivity contribution in [2.75, 3.05) is 38.1 Å². The molecular weight excluding hydrogens is 272 g/mol. The van der Waals surface area contributed by atoms with E-state index in [1.807, 2.05) is 12.1 Å². The number of halogens is 1. The van der Waals surface area contributed by atoms with Gasteiger partial charge in [-0.1, -0.05) is 11.6 Å². The minimum atomic E-state index is 0.0643. The van der Waals surface area contributed by atoms with Crippen LogP contribution in [-0.2, 0) is 6.54 Å². The van der Waals surface area contributed by atoms with Gasteiger partial charge < -0.3 is 15.1 Å². The van der Waals surface area contributed by atoms with Gasteiger partial charge in [-0.3, -0.25) is 0 Å². The topological polar surface area (TPSA) is 31.4 Å². The highest BCUT2D eigenvalue weighted by atomic mass is 35.5. The minimum absolute atomic E-state index is 0.0643. The Bertz CT molecular complexity index is 448. The van der Waals surface area contributed by atoms with Crippen LogP contribution < -0.4 is 10.2 Å². The second-order valence-corrected chi connectivity index (χ2v) is 6.90. The first kappa shape index (κ1) is 15.5. The lowest BCUT2D eigenvalue weighted by atomic mass is 10.1. The molecular formula is C15H25ClN4. The predicted octanol–water partition coefficient (Wildman–Crippen LogP) is 2.37. The largest absolute Gasteiger partial charge is 0.354 e. The Hall–Kier alpha value is -0.840. The molecule has 0 spiro atoms. The van der Waals surface area contributed by atoms with Crippen molar-refractivity contribution in [3.63, 3.8) is 0 Å².